The molecule has 3 nitrogen and oxygen atoms in total. The van der Waals surface area contributed by atoms with Gasteiger partial charge in [-0.05, 0) is 20.6 Å². The second-order valence-electron chi connectivity index (χ2n) is 1.99. The predicted molar refractivity (Wildman–Crippen MR) is 53.0 cm³/mol. The van der Waals surface area contributed by atoms with E-state index < -0.39 is 47.6 Å². The Morgan fingerprint density at radius 2 is 1.92 bits per heavy atom. The van der Waals surface area contributed by atoms with Gasteiger partial charge in [0.2, 0.25) is 0 Å². The molecule has 0 aromatic heterocycles. The molecule has 13 heavy (non-hydrogen) atoms. The molecule has 0 atom stereocenters. The van der Waals surface area contributed by atoms with Gasteiger partial charge >= 0.3 is 0 Å². The SMILES string of the molecule is [2H]C([2H])([2H])C([2H])([2H])N(C(=O)C(Cl)(Cl)C(C)=O)C([2H])([2H])C([2H])([2H])[2H]. The number of rotatable bonds is 4. The van der Waals surface area contributed by atoms with Crippen LogP contribution in [-0.4, -0.2) is 33.9 Å². The molecule has 0 saturated heterocycles. The second kappa shape index (κ2) is 4.82. The van der Waals surface area contributed by atoms with Gasteiger partial charge in [-0.2, -0.15) is 0 Å². The average molecular weight is 236 g/mol. The van der Waals surface area contributed by atoms with Crippen LogP contribution < -0.4 is 0 Å². The first-order valence-electron chi connectivity index (χ1n) is 7.96. The van der Waals surface area contributed by atoms with Gasteiger partial charge in [0.15, 0.2) is 5.78 Å². The van der Waals surface area contributed by atoms with Crippen LogP contribution in [0.3, 0.4) is 0 Å². The topological polar surface area (TPSA) is 37.4 Å². The molecule has 0 radical (unpaired) electrons. The number of hydrogen-bond donors (Lipinski definition) is 0. The van der Waals surface area contributed by atoms with Gasteiger partial charge < -0.3 is 4.90 Å². The van der Waals surface area contributed by atoms with E-state index in [1.54, 1.807) is 0 Å². The fraction of sp³-hybridized carbons (Fsp3) is 0.750. The Morgan fingerprint density at radius 3 is 2.23 bits per heavy atom. The summed E-state index contributed by atoms with van der Waals surface area (Å²) in [5.41, 5.74) is 0. The summed E-state index contributed by atoms with van der Waals surface area (Å²) in [6, 6.07) is 0. The van der Waals surface area contributed by atoms with E-state index in [9.17, 15) is 9.59 Å². The van der Waals surface area contributed by atoms with E-state index in [1.165, 1.54) is 0 Å². The summed E-state index contributed by atoms with van der Waals surface area (Å²) in [6.07, 6.45) is 0. The molecule has 0 aliphatic heterocycles. The number of amides is 1. The molecule has 76 valence electrons. The van der Waals surface area contributed by atoms with E-state index in [4.69, 9.17) is 36.9 Å². The number of Topliss-reactive ketones (excluding diaryl/α,β-unsaturated/α-hetero) is 1. The number of nitrogens with zero attached hydrogens (tertiary/aromatic N) is 1. The summed E-state index contributed by atoms with van der Waals surface area (Å²) < 4.78 is 69.6. The maximum absolute atomic E-state index is 12.3. The van der Waals surface area contributed by atoms with Gasteiger partial charge in [0, 0.05) is 26.7 Å². The van der Waals surface area contributed by atoms with E-state index in [1.807, 2.05) is 0 Å². The van der Waals surface area contributed by atoms with Gasteiger partial charge in [0.1, 0.15) is 0 Å². The van der Waals surface area contributed by atoms with Crippen LogP contribution in [0.1, 0.15) is 34.3 Å². The Hall–Kier alpha value is -0.280. The highest BCUT2D eigenvalue weighted by Crippen LogP contribution is 2.24. The van der Waals surface area contributed by atoms with Crippen LogP contribution in [0.15, 0.2) is 0 Å². The van der Waals surface area contributed by atoms with Crippen LogP contribution in [0, 0.1) is 0 Å². The summed E-state index contributed by atoms with van der Waals surface area (Å²) in [5.74, 6) is -3.30. The maximum Gasteiger partial charge on any atom is 0.266 e. The molecule has 0 N–H and O–H groups in total. The fourth-order valence-electron chi connectivity index (χ4n) is 0.421. The first kappa shape index (κ1) is 3.70. The molecule has 0 aromatic rings. The zero-order valence-electron chi connectivity index (χ0n) is 16.5. The van der Waals surface area contributed by atoms with E-state index in [0.29, 0.717) is 6.92 Å². The molecule has 0 aliphatic rings. The zero-order valence-corrected chi connectivity index (χ0v) is 8.03. The first-order chi connectivity index (χ1) is 9.72. The maximum atomic E-state index is 12.3. The lowest BCUT2D eigenvalue weighted by molar-refractivity contribution is -0.135. The molecule has 1 amide bonds. The molecule has 0 fully saturated rings. The minimum atomic E-state index is -3.81. The van der Waals surface area contributed by atoms with Crippen molar-refractivity contribution in [2.24, 2.45) is 0 Å². The van der Waals surface area contributed by atoms with Crippen molar-refractivity contribution >= 4 is 34.9 Å². The molecule has 0 heterocycles. The van der Waals surface area contributed by atoms with Crippen LogP contribution in [0.25, 0.3) is 0 Å². The van der Waals surface area contributed by atoms with Crippen LogP contribution in [-0.2, 0) is 9.59 Å². The number of carbonyl (C=O) groups excluding carboxylic acids is 2. The minimum Gasteiger partial charge on any atom is -0.340 e. The minimum absolute atomic E-state index is 0.714. The van der Waals surface area contributed by atoms with Crippen molar-refractivity contribution in [2.75, 3.05) is 13.0 Å². The first-order valence-corrected chi connectivity index (χ1v) is 3.71. The normalized spacial score (nSPS) is 26.7. The van der Waals surface area contributed by atoms with Gasteiger partial charge in [-0.3, -0.25) is 9.59 Å². The van der Waals surface area contributed by atoms with Crippen molar-refractivity contribution in [3.05, 3.63) is 0 Å². The molecular formula is C8H13Cl2NO2. The lowest BCUT2D eigenvalue weighted by atomic mass is 10.2. The van der Waals surface area contributed by atoms with Crippen molar-refractivity contribution in [1.82, 2.24) is 4.90 Å². The van der Waals surface area contributed by atoms with Crippen molar-refractivity contribution < 1.29 is 23.3 Å². The van der Waals surface area contributed by atoms with Crippen LogP contribution in [0.4, 0.5) is 0 Å². The average Bonchev–Trinajstić information content (AvgIpc) is 2.24. The van der Waals surface area contributed by atoms with E-state index in [0.717, 1.165) is 0 Å². The number of hydrogen-bond acceptors (Lipinski definition) is 2. The Labute approximate surface area is 102 Å². The Kier molecular flexibility index (Phi) is 1.37. The van der Waals surface area contributed by atoms with Crippen LogP contribution >= 0.6 is 23.2 Å². The molecule has 0 aliphatic carbocycles. The fourth-order valence-corrected chi connectivity index (χ4v) is 0.590. The monoisotopic (exact) mass is 235 g/mol. The third-order valence-electron chi connectivity index (χ3n) is 1.14. The summed E-state index contributed by atoms with van der Waals surface area (Å²) in [7, 11) is 0. The van der Waals surface area contributed by atoms with Gasteiger partial charge in [-0.25, -0.2) is 0 Å². The second-order valence-corrected chi connectivity index (χ2v) is 3.32. The Bertz CT molecular complexity index is 472. The van der Waals surface area contributed by atoms with Crippen molar-refractivity contribution in [2.45, 2.75) is 25.0 Å². The van der Waals surface area contributed by atoms with Crippen molar-refractivity contribution in [3.8, 4) is 0 Å². The van der Waals surface area contributed by atoms with Gasteiger partial charge in [0.05, 0.1) is 0 Å². The number of ketones is 1. The predicted octanol–water partition coefficient (Wildman–Crippen LogP) is 1.62. The smallest absolute Gasteiger partial charge is 0.266 e. The highest BCUT2D eigenvalue weighted by Gasteiger charge is 2.41. The number of alkyl halides is 2. The Balaban J connectivity index is 6.50. The molecule has 0 bridgehead atoms. The number of halogens is 2. The lowest BCUT2D eigenvalue weighted by Gasteiger charge is -2.24. The molecule has 0 aromatic carbocycles. The highest BCUT2D eigenvalue weighted by atomic mass is 35.5. The quantitative estimate of drug-likeness (QED) is 0.549. The molecule has 0 rings (SSSR count). The highest BCUT2D eigenvalue weighted by molar-refractivity contribution is 6.67. The summed E-state index contributed by atoms with van der Waals surface area (Å²) >= 11 is 10.9. The zero-order chi connectivity index (χ0) is 19.2. The third kappa shape index (κ3) is 2.85. The van der Waals surface area contributed by atoms with E-state index in [-0.39, 0.29) is 0 Å². The standard InChI is InChI=1S/C8H13Cl2NO2/c1-4-11(5-2)7(13)8(9,10)6(3)12/h4-5H2,1-3H3/i1D3,2D3,4D2,5D2. The van der Waals surface area contributed by atoms with Gasteiger partial charge in [0.25, 0.3) is 10.2 Å². The van der Waals surface area contributed by atoms with E-state index >= 15 is 0 Å². The molecule has 0 spiro atoms. The third-order valence-corrected chi connectivity index (χ3v) is 1.99. The van der Waals surface area contributed by atoms with Gasteiger partial charge in [-0.1, -0.05) is 23.2 Å². The van der Waals surface area contributed by atoms with Gasteiger partial charge in [-0.15, -0.1) is 0 Å². The van der Waals surface area contributed by atoms with Crippen molar-refractivity contribution in [1.29, 1.82) is 0 Å². The largest absolute Gasteiger partial charge is 0.340 e. The Morgan fingerprint density at radius 1 is 1.46 bits per heavy atom. The summed E-state index contributed by atoms with van der Waals surface area (Å²) in [4.78, 5) is 22.8. The molecule has 0 saturated carbocycles. The lowest BCUT2D eigenvalue weighted by Crippen LogP contribution is -2.45. The van der Waals surface area contributed by atoms with Crippen molar-refractivity contribution in [3.63, 3.8) is 0 Å². The van der Waals surface area contributed by atoms with Crippen LogP contribution in [0.5, 0.6) is 0 Å². The number of carbonyl (C=O) groups is 2. The molecule has 5 heteroatoms. The van der Waals surface area contributed by atoms with E-state index in [2.05, 4.69) is 0 Å². The summed E-state index contributed by atoms with van der Waals surface area (Å²) in [5, 5.41) is 0. The molecule has 0 unspecified atom stereocenters. The van der Waals surface area contributed by atoms with Crippen LogP contribution in [0.2, 0.25) is 0 Å². The summed E-state index contributed by atoms with van der Waals surface area (Å²) in [6.45, 7) is -14.2. The molecular weight excluding hydrogens is 213 g/mol.